The highest BCUT2D eigenvalue weighted by molar-refractivity contribution is 6.52. The predicted molar refractivity (Wildman–Crippen MR) is 156 cm³/mol. The average Bonchev–Trinajstić information content (AvgIpc) is 3.01. The van der Waals surface area contributed by atoms with E-state index in [2.05, 4.69) is 16.0 Å². The molecule has 5 amide bonds. The summed E-state index contributed by atoms with van der Waals surface area (Å²) >= 11 is 13.8. The minimum Gasteiger partial charge on any atom is -0.363 e. The van der Waals surface area contributed by atoms with Gasteiger partial charge in [-0.25, -0.2) is 4.79 Å². The Bertz CT molecular complexity index is 1120. The van der Waals surface area contributed by atoms with Crippen molar-refractivity contribution in [3.8, 4) is 0 Å². The van der Waals surface area contributed by atoms with Gasteiger partial charge in [-0.05, 0) is 57.8 Å². The number of Topliss-reactive ketones (excluding diaryl/α,β-unsaturated/α-hetero) is 1. The van der Waals surface area contributed by atoms with Gasteiger partial charge in [-0.2, -0.15) is 0 Å². The molecule has 4 rings (SSSR count). The third-order valence-electron chi connectivity index (χ3n) is 9.75. The third-order valence-corrected chi connectivity index (χ3v) is 11.2. The minimum atomic E-state index is -1.11. The van der Waals surface area contributed by atoms with Crippen LogP contribution in [-0.4, -0.2) is 69.0 Å². The number of hydrogen-bond acceptors (Lipinski definition) is 5. The second kappa shape index (κ2) is 10.6. The van der Waals surface area contributed by atoms with Crippen molar-refractivity contribution in [3.63, 3.8) is 0 Å². The first-order valence-electron chi connectivity index (χ1n) is 14.7. The number of amides is 5. The summed E-state index contributed by atoms with van der Waals surface area (Å²) in [4.78, 5) is 67.1. The van der Waals surface area contributed by atoms with E-state index < -0.39 is 68.4 Å². The molecule has 230 valence electrons. The minimum absolute atomic E-state index is 0.156. The number of urea groups is 1. The van der Waals surface area contributed by atoms with E-state index >= 15 is 0 Å². The summed E-state index contributed by atoms with van der Waals surface area (Å²) in [5.41, 5.74) is 3.01. The number of primary amides is 1. The van der Waals surface area contributed by atoms with Crippen LogP contribution in [0.4, 0.5) is 4.79 Å². The van der Waals surface area contributed by atoms with E-state index in [0.29, 0.717) is 6.42 Å². The molecule has 3 saturated carbocycles. The molecule has 1 unspecified atom stereocenters. The van der Waals surface area contributed by atoms with Gasteiger partial charge in [-0.15, -0.1) is 23.2 Å². The first-order chi connectivity index (χ1) is 18.8. The van der Waals surface area contributed by atoms with Crippen LogP contribution in [0.15, 0.2) is 0 Å². The second-order valence-electron chi connectivity index (χ2n) is 14.7. The molecule has 1 heterocycles. The Balaban J connectivity index is 1.63. The Morgan fingerprint density at radius 2 is 1.56 bits per heavy atom. The molecule has 10 nitrogen and oxygen atoms in total. The number of carbonyl (C=O) groups excluding carboxylic acids is 5. The predicted octanol–water partition coefficient (Wildman–Crippen LogP) is 3.17. The molecule has 0 radical (unpaired) electrons. The quantitative estimate of drug-likeness (QED) is 0.245. The number of carbonyl (C=O) groups is 5. The lowest BCUT2D eigenvalue weighted by molar-refractivity contribution is -0.143. The van der Waals surface area contributed by atoms with Crippen LogP contribution in [0.3, 0.4) is 0 Å². The molecule has 1 saturated heterocycles. The van der Waals surface area contributed by atoms with Crippen LogP contribution in [0, 0.1) is 22.2 Å². The van der Waals surface area contributed by atoms with Gasteiger partial charge in [-0.3, -0.25) is 19.2 Å². The van der Waals surface area contributed by atoms with Gasteiger partial charge in [-0.1, -0.05) is 46.5 Å². The molecular formula is C29H45Cl2N5O5. The summed E-state index contributed by atoms with van der Waals surface area (Å²) in [7, 11) is 0. The van der Waals surface area contributed by atoms with Crippen LogP contribution >= 0.6 is 23.2 Å². The summed E-state index contributed by atoms with van der Waals surface area (Å²) in [5.74, 6) is -2.72. The lowest BCUT2D eigenvalue weighted by atomic mass is 9.74. The molecule has 12 heteroatoms. The largest absolute Gasteiger partial charge is 0.363 e. The zero-order chi connectivity index (χ0) is 30.8. The molecule has 0 aromatic rings. The second-order valence-corrected chi connectivity index (χ2v) is 16.1. The first-order valence-corrected chi connectivity index (χ1v) is 15.4. The zero-order valence-electron chi connectivity index (χ0n) is 25.0. The number of nitrogens with zero attached hydrogens (tertiary/aromatic N) is 1. The van der Waals surface area contributed by atoms with E-state index in [1.807, 2.05) is 41.5 Å². The summed E-state index contributed by atoms with van der Waals surface area (Å²) in [6, 6.07) is -3.52. The average molecular weight is 615 g/mol. The highest BCUT2D eigenvalue weighted by Gasteiger charge is 2.89. The Labute approximate surface area is 252 Å². The van der Waals surface area contributed by atoms with E-state index in [0.717, 1.165) is 38.5 Å². The van der Waals surface area contributed by atoms with Crippen molar-refractivity contribution >= 4 is 52.7 Å². The van der Waals surface area contributed by atoms with Crippen molar-refractivity contribution in [2.75, 3.05) is 6.54 Å². The van der Waals surface area contributed by atoms with Crippen LogP contribution in [0.5, 0.6) is 0 Å². The van der Waals surface area contributed by atoms with Crippen LogP contribution in [0.2, 0.25) is 0 Å². The maximum atomic E-state index is 14.3. The number of hydrogen-bond donors (Lipinski definition) is 4. The molecule has 3 aliphatic carbocycles. The number of fused-ring (bicyclic) bond motifs is 1. The maximum Gasteiger partial charge on any atom is 0.315 e. The SMILES string of the molecule is CC(C)(C)NC(=O)N[C@@H](C(=O)N1C[C@@]2(C[C@H]1C(=O)NC(CC1CCC1)C(=O)C(N)=O)C(Cl)(Cl)C21CCC1)C(C)(C)C. The smallest absolute Gasteiger partial charge is 0.315 e. The van der Waals surface area contributed by atoms with Crippen molar-refractivity contribution in [3.05, 3.63) is 0 Å². The van der Waals surface area contributed by atoms with Crippen molar-refractivity contribution in [2.24, 2.45) is 27.9 Å². The number of halogens is 2. The van der Waals surface area contributed by atoms with Gasteiger partial charge in [0.25, 0.3) is 5.91 Å². The number of nitrogens with one attached hydrogen (secondary N) is 3. The lowest BCUT2D eigenvalue weighted by Crippen LogP contribution is -2.61. The molecule has 5 N–H and O–H groups in total. The van der Waals surface area contributed by atoms with E-state index in [1.165, 1.54) is 4.90 Å². The highest BCUT2D eigenvalue weighted by Crippen LogP contribution is 2.87. The molecule has 0 bridgehead atoms. The van der Waals surface area contributed by atoms with Crippen LogP contribution < -0.4 is 21.7 Å². The molecule has 41 heavy (non-hydrogen) atoms. The Morgan fingerprint density at radius 3 is 1.98 bits per heavy atom. The molecule has 1 aliphatic heterocycles. The van der Waals surface area contributed by atoms with Gasteiger partial charge in [0.15, 0.2) is 0 Å². The fraction of sp³-hybridized carbons (Fsp3) is 0.828. The number of ketones is 1. The topological polar surface area (TPSA) is 151 Å². The van der Waals surface area contributed by atoms with Crippen LogP contribution in [-0.2, 0) is 19.2 Å². The molecule has 4 fully saturated rings. The third kappa shape index (κ3) is 5.55. The first kappa shape index (κ1) is 31.9. The van der Waals surface area contributed by atoms with E-state index in [4.69, 9.17) is 28.9 Å². The standard InChI is InChI=1S/C29H45Cl2N5O5/c1-25(2,3)20(34-24(41)35-26(4,5)6)23(40)36-15-28(27(11-8-12-27)29(28,30)31)14-18(36)22(39)33-17(19(37)21(32)38)13-16-9-7-10-16/h16-18,20H,7-15H2,1-6H3,(H2,32,38)(H,33,39)(H2,34,35,41)/t17?,18-,20-,28+/m0/s1. The van der Waals surface area contributed by atoms with E-state index in [1.54, 1.807) is 0 Å². The number of likely N-dealkylation sites (tertiary alicyclic amines) is 1. The molecule has 4 aliphatic rings. The maximum absolute atomic E-state index is 14.3. The lowest BCUT2D eigenvalue weighted by Gasteiger charge is -2.36. The van der Waals surface area contributed by atoms with E-state index in [9.17, 15) is 24.0 Å². The zero-order valence-corrected chi connectivity index (χ0v) is 26.5. The van der Waals surface area contributed by atoms with Crippen LogP contribution in [0.1, 0.15) is 92.9 Å². The summed E-state index contributed by atoms with van der Waals surface area (Å²) in [6.45, 7) is 11.2. The fourth-order valence-electron chi connectivity index (χ4n) is 7.07. The molecular weight excluding hydrogens is 569 g/mol. The molecule has 4 atom stereocenters. The van der Waals surface area contributed by atoms with Gasteiger partial charge in [0.05, 0.1) is 6.04 Å². The summed E-state index contributed by atoms with van der Waals surface area (Å²) < 4.78 is -1.10. The number of rotatable bonds is 8. The normalized spacial score (nSPS) is 27.8. The monoisotopic (exact) mass is 613 g/mol. The van der Waals surface area contributed by atoms with Crippen LogP contribution in [0.25, 0.3) is 0 Å². The van der Waals surface area contributed by atoms with Gasteiger partial charge in [0.2, 0.25) is 17.6 Å². The van der Waals surface area contributed by atoms with Crippen molar-refractivity contribution < 1.29 is 24.0 Å². The Kier molecular flexibility index (Phi) is 8.22. The Hall–Kier alpha value is -2.07. The molecule has 0 aromatic heterocycles. The van der Waals surface area contributed by atoms with Gasteiger partial charge < -0.3 is 26.6 Å². The molecule has 0 aromatic carbocycles. The number of nitrogens with two attached hydrogens (primary N) is 1. The fourth-order valence-corrected chi connectivity index (χ4v) is 8.35. The van der Waals surface area contributed by atoms with Crippen molar-refractivity contribution in [1.29, 1.82) is 0 Å². The number of alkyl halides is 2. The van der Waals surface area contributed by atoms with Gasteiger partial charge in [0, 0.05) is 22.9 Å². The van der Waals surface area contributed by atoms with E-state index in [-0.39, 0.29) is 24.3 Å². The summed E-state index contributed by atoms with van der Waals surface area (Å²) in [6.07, 6.45) is 5.96. The van der Waals surface area contributed by atoms with Crippen molar-refractivity contribution in [1.82, 2.24) is 20.9 Å². The summed E-state index contributed by atoms with van der Waals surface area (Å²) in [5, 5.41) is 8.42. The Morgan fingerprint density at radius 1 is 0.951 bits per heavy atom. The van der Waals surface area contributed by atoms with Crippen molar-refractivity contribution in [2.45, 2.75) is 121 Å². The molecule has 2 spiro atoms. The highest BCUT2D eigenvalue weighted by atomic mass is 35.5. The van der Waals surface area contributed by atoms with Gasteiger partial charge in [0.1, 0.15) is 16.4 Å². The van der Waals surface area contributed by atoms with Gasteiger partial charge >= 0.3 is 6.03 Å².